The van der Waals surface area contributed by atoms with Gasteiger partial charge in [0, 0.05) is 41.2 Å². The molecule has 0 unspecified atom stereocenters. The summed E-state index contributed by atoms with van der Waals surface area (Å²) >= 11 is 0. The Morgan fingerprint density at radius 3 is 2.62 bits per heavy atom. The summed E-state index contributed by atoms with van der Waals surface area (Å²) in [5.41, 5.74) is 2.12. The molecule has 0 saturated heterocycles. The van der Waals surface area contributed by atoms with Crippen molar-refractivity contribution in [2.45, 2.75) is 6.61 Å². The predicted octanol–water partition coefficient (Wildman–Crippen LogP) is 3.92. The van der Waals surface area contributed by atoms with E-state index in [4.69, 9.17) is 4.74 Å². The van der Waals surface area contributed by atoms with Crippen molar-refractivity contribution in [3.63, 3.8) is 0 Å². The number of hydrogen-bond acceptors (Lipinski definition) is 4. The summed E-state index contributed by atoms with van der Waals surface area (Å²) in [7, 11) is 0. The number of ether oxygens (including phenoxy) is 1. The third-order valence-corrected chi connectivity index (χ3v) is 4.09. The van der Waals surface area contributed by atoms with Gasteiger partial charge in [-0.15, -0.1) is 0 Å². The van der Waals surface area contributed by atoms with E-state index >= 15 is 0 Å². The molecule has 26 heavy (non-hydrogen) atoms. The molecule has 4 aromatic rings. The summed E-state index contributed by atoms with van der Waals surface area (Å²) in [5, 5.41) is 0.784. The molecule has 0 bridgehead atoms. The lowest BCUT2D eigenvalue weighted by Gasteiger charge is -2.09. The second kappa shape index (κ2) is 6.76. The minimum absolute atomic E-state index is 0.127. The topological polar surface area (TPSA) is 57.0 Å². The van der Waals surface area contributed by atoms with E-state index in [2.05, 4.69) is 9.97 Å². The van der Waals surface area contributed by atoms with Crippen molar-refractivity contribution in [3.8, 4) is 5.69 Å². The Labute approximate surface area is 148 Å². The van der Waals surface area contributed by atoms with Crippen LogP contribution in [0.3, 0.4) is 0 Å². The van der Waals surface area contributed by atoms with Crippen LogP contribution in [0, 0.1) is 5.82 Å². The molecule has 2 heterocycles. The van der Waals surface area contributed by atoms with Gasteiger partial charge < -0.3 is 9.30 Å². The molecular formula is C20H14FN3O2. The van der Waals surface area contributed by atoms with E-state index in [1.807, 2.05) is 35.0 Å². The van der Waals surface area contributed by atoms with E-state index in [1.165, 1.54) is 30.6 Å². The van der Waals surface area contributed by atoms with E-state index in [1.54, 1.807) is 12.5 Å². The van der Waals surface area contributed by atoms with E-state index in [9.17, 15) is 9.18 Å². The van der Waals surface area contributed by atoms with E-state index in [0.29, 0.717) is 16.3 Å². The number of imidazole rings is 1. The average molecular weight is 347 g/mol. The maximum absolute atomic E-state index is 13.8. The number of carbonyl (C=O) groups is 1. The number of esters is 1. The predicted molar refractivity (Wildman–Crippen MR) is 94.4 cm³/mol. The van der Waals surface area contributed by atoms with Crippen molar-refractivity contribution >= 4 is 16.7 Å². The van der Waals surface area contributed by atoms with Crippen molar-refractivity contribution in [1.29, 1.82) is 0 Å². The highest BCUT2D eigenvalue weighted by molar-refractivity contribution is 6.04. The minimum atomic E-state index is -0.512. The molecule has 0 radical (unpaired) electrons. The quantitative estimate of drug-likeness (QED) is 0.525. The molecule has 2 aromatic carbocycles. The summed E-state index contributed by atoms with van der Waals surface area (Å²) in [6.45, 7) is 0.127. The summed E-state index contributed by atoms with van der Waals surface area (Å²) in [6, 6.07) is 11.8. The zero-order valence-corrected chi connectivity index (χ0v) is 13.7. The van der Waals surface area contributed by atoms with Crippen LogP contribution < -0.4 is 0 Å². The molecule has 0 atom stereocenters. The number of hydrogen-bond donors (Lipinski definition) is 0. The van der Waals surface area contributed by atoms with Gasteiger partial charge in [0.2, 0.25) is 0 Å². The normalized spacial score (nSPS) is 10.8. The first-order chi connectivity index (χ1) is 12.7. The molecule has 0 N–H and O–H groups in total. The molecule has 128 valence electrons. The fraction of sp³-hybridized carbons (Fsp3) is 0.0500. The second-order valence-corrected chi connectivity index (χ2v) is 5.73. The highest BCUT2D eigenvalue weighted by Crippen LogP contribution is 2.22. The van der Waals surface area contributed by atoms with Gasteiger partial charge in [-0.3, -0.25) is 4.98 Å². The third-order valence-electron chi connectivity index (χ3n) is 4.09. The molecule has 6 heteroatoms. The van der Waals surface area contributed by atoms with Crippen LogP contribution >= 0.6 is 0 Å². The van der Waals surface area contributed by atoms with Crippen molar-refractivity contribution < 1.29 is 13.9 Å². The van der Waals surface area contributed by atoms with Crippen LogP contribution in [-0.2, 0) is 11.3 Å². The first kappa shape index (κ1) is 16.0. The zero-order chi connectivity index (χ0) is 17.9. The first-order valence-electron chi connectivity index (χ1n) is 7.99. The minimum Gasteiger partial charge on any atom is -0.457 e. The first-order valence-corrected chi connectivity index (χ1v) is 7.99. The maximum Gasteiger partial charge on any atom is 0.339 e. The van der Waals surface area contributed by atoms with Gasteiger partial charge in [-0.2, -0.15) is 0 Å². The van der Waals surface area contributed by atoms with Gasteiger partial charge in [0.15, 0.2) is 0 Å². The van der Waals surface area contributed by atoms with Crippen LogP contribution in [0.15, 0.2) is 73.6 Å². The van der Waals surface area contributed by atoms with E-state index in [-0.39, 0.29) is 6.61 Å². The van der Waals surface area contributed by atoms with Crippen molar-refractivity contribution in [1.82, 2.24) is 14.5 Å². The summed E-state index contributed by atoms with van der Waals surface area (Å²) in [4.78, 5) is 20.4. The number of carbonyl (C=O) groups excluding carboxylic acids is 1. The fourth-order valence-electron chi connectivity index (χ4n) is 2.73. The van der Waals surface area contributed by atoms with Crippen molar-refractivity contribution in [2.24, 2.45) is 0 Å². The van der Waals surface area contributed by atoms with E-state index in [0.717, 1.165) is 11.3 Å². The van der Waals surface area contributed by atoms with Crippen LogP contribution in [0.2, 0.25) is 0 Å². The lowest BCUT2D eigenvalue weighted by molar-refractivity contribution is 0.0475. The molecule has 0 saturated carbocycles. The number of benzene rings is 2. The molecule has 4 rings (SSSR count). The number of rotatable bonds is 4. The molecule has 5 nitrogen and oxygen atoms in total. The van der Waals surface area contributed by atoms with Crippen LogP contribution in [-0.4, -0.2) is 20.5 Å². The molecule has 0 aliphatic heterocycles. The number of halogens is 1. The Morgan fingerprint density at radius 2 is 1.85 bits per heavy atom. The Bertz CT molecular complexity index is 1060. The fourth-order valence-corrected chi connectivity index (χ4v) is 2.73. The zero-order valence-electron chi connectivity index (χ0n) is 13.7. The molecular weight excluding hydrogens is 333 g/mol. The maximum atomic E-state index is 13.8. The summed E-state index contributed by atoms with van der Waals surface area (Å²) in [5.74, 6) is -0.907. The highest BCUT2D eigenvalue weighted by Gasteiger charge is 2.14. The smallest absolute Gasteiger partial charge is 0.339 e. The van der Waals surface area contributed by atoms with Gasteiger partial charge in [0.1, 0.15) is 12.4 Å². The number of fused-ring (bicyclic) bond motifs is 1. The van der Waals surface area contributed by atoms with Gasteiger partial charge in [-0.05, 0) is 35.9 Å². The average Bonchev–Trinajstić information content (AvgIpc) is 3.22. The van der Waals surface area contributed by atoms with Gasteiger partial charge in [0.25, 0.3) is 0 Å². The van der Waals surface area contributed by atoms with Crippen LogP contribution in [0.5, 0.6) is 0 Å². The van der Waals surface area contributed by atoms with Crippen molar-refractivity contribution in [3.05, 3.63) is 90.5 Å². The van der Waals surface area contributed by atoms with Gasteiger partial charge in [-0.1, -0.05) is 12.1 Å². The Hall–Kier alpha value is -3.54. The monoisotopic (exact) mass is 347 g/mol. The standard InChI is InChI=1S/C20H14FN3O2/c21-19-6-5-17(18-11-22-8-7-16(18)19)20(25)26-12-14-1-3-15(4-2-14)24-10-9-23-13-24/h1-11,13H,12H2. The molecule has 0 fully saturated rings. The molecule has 0 spiro atoms. The van der Waals surface area contributed by atoms with Crippen LogP contribution in [0.25, 0.3) is 16.5 Å². The van der Waals surface area contributed by atoms with Gasteiger partial charge >= 0.3 is 5.97 Å². The molecule has 0 amide bonds. The van der Waals surface area contributed by atoms with Crippen molar-refractivity contribution in [2.75, 3.05) is 0 Å². The third kappa shape index (κ3) is 3.04. The number of aromatic nitrogens is 3. The molecule has 2 aromatic heterocycles. The molecule has 0 aliphatic carbocycles. The lowest BCUT2D eigenvalue weighted by Crippen LogP contribution is -2.06. The summed E-state index contributed by atoms with van der Waals surface area (Å²) in [6.07, 6.45) is 8.22. The highest BCUT2D eigenvalue weighted by atomic mass is 19.1. The Balaban J connectivity index is 1.50. The summed E-state index contributed by atoms with van der Waals surface area (Å²) < 4.78 is 21.1. The SMILES string of the molecule is O=C(OCc1ccc(-n2ccnc2)cc1)c1ccc(F)c2ccncc12. The van der Waals surface area contributed by atoms with Crippen LogP contribution in [0.4, 0.5) is 4.39 Å². The second-order valence-electron chi connectivity index (χ2n) is 5.73. The van der Waals surface area contributed by atoms with Gasteiger partial charge in [0.05, 0.1) is 11.9 Å². The number of nitrogens with zero attached hydrogens (tertiary/aromatic N) is 3. The Morgan fingerprint density at radius 1 is 1.00 bits per heavy atom. The van der Waals surface area contributed by atoms with Crippen LogP contribution in [0.1, 0.15) is 15.9 Å². The number of pyridine rings is 1. The lowest BCUT2D eigenvalue weighted by atomic mass is 10.1. The largest absolute Gasteiger partial charge is 0.457 e. The Kier molecular flexibility index (Phi) is 4.15. The van der Waals surface area contributed by atoms with Gasteiger partial charge in [-0.25, -0.2) is 14.2 Å². The molecule has 0 aliphatic rings. The van der Waals surface area contributed by atoms with E-state index < -0.39 is 11.8 Å².